The molecule has 2 fully saturated rings. The Morgan fingerprint density at radius 2 is 2.15 bits per heavy atom. The van der Waals surface area contributed by atoms with Gasteiger partial charge in [0.2, 0.25) is 0 Å². The van der Waals surface area contributed by atoms with Crippen molar-refractivity contribution in [2.75, 3.05) is 6.54 Å². The molecule has 2 N–H and O–H groups in total. The third-order valence-corrected chi connectivity index (χ3v) is 7.90. The molecule has 26 heavy (non-hydrogen) atoms. The van der Waals surface area contributed by atoms with Crippen molar-refractivity contribution in [1.29, 1.82) is 0 Å². The molecule has 1 aliphatic heterocycles. The second kappa shape index (κ2) is 5.51. The number of aromatic hydroxyl groups is 1. The molecule has 1 heterocycles. The first kappa shape index (κ1) is 16.7. The largest absolute Gasteiger partial charge is 0.504 e. The van der Waals surface area contributed by atoms with E-state index in [4.69, 9.17) is 4.74 Å². The molecular formula is C23H31NO2. The third-order valence-electron chi connectivity index (χ3n) is 7.90. The Morgan fingerprint density at radius 1 is 1.35 bits per heavy atom. The summed E-state index contributed by atoms with van der Waals surface area (Å²) in [6.07, 6.45) is 8.21. The van der Waals surface area contributed by atoms with Crippen LogP contribution in [0.4, 0.5) is 0 Å². The predicted octanol–water partition coefficient (Wildman–Crippen LogP) is 4.47. The zero-order valence-corrected chi connectivity index (χ0v) is 16.1. The average Bonchev–Trinajstić information content (AvgIpc) is 3.37. The Hall–Kier alpha value is -1.48. The maximum atomic E-state index is 10.5. The lowest BCUT2D eigenvalue weighted by Crippen LogP contribution is -2.65. The van der Waals surface area contributed by atoms with E-state index in [0.717, 1.165) is 50.3 Å². The van der Waals surface area contributed by atoms with E-state index in [-0.39, 0.29) is 16.9 Å². The molecule has 5 rings (SSSR count). The van der Waals surface area contributed by atoms with E-state index >= 15 is 0 Å². The highest BCUT2D eigenvalue weighted by Gasteiger charge is 2.67. The molecule has 4 aliphatic rings. The van der Waals surface area contributed by atoms with Crippen molar-refractivity contribution in [3.63, 3.8) is 0 Å². The summed E-state index contributed by atoms with van der Waals surface area (Å²) in [6.45, 7) is 10.3. The molecule has 0 bridgehead atoms. The Morgan fingerprint density at radius 3 is 2.88 bits per heavy atom. The summed E-state index contributed by atoms with van der Waals surface area (Å²) in [5.74, 6) is 1.93. The molecule has 4 atom stereocenters. The van der Waals surface area contributed by atoms with Gasteiger partial charge in [-0.15, -0.1) is 0 Å². The summed E-state index contributed by atoms with van der Waals surface area (Å²) in [7, 11) is 0. The molecule has 3 aliphatic carbocycles. The fraction of sp³-hybridized carbons (Fsp3) is 0.652. The summed E-state index contributed by atoms with van der Waals surface area (Å²) in [5.41, 5.74) is 3.96. The maximum absolute atomic E-state index is 10.5. The van der Waals surface area contributed by atoms with E-state index < -0.39 is 0 Å². The van der Waals surface area contributed by atoms with Crippen LogP contribution in [0.1, 0.15) is 63.5 Å². The number of phenolic OH excluding ortho intramolecular Hbond substituents is 1. The summed E-state index contributed by atoms with van der Waals surface area (Å²) in [6, 6.07) is 4.44. The molecule has 2 saturated carbocycles. The van der Waals surface area contributed by atoms with Crippen LogP contribution in [0.3, 0.4) is 0 Å². The van der Waals surface area contributed by atoms with Crippen LogP contribution in [0, 0.1) is 11.3 Å². The van der Waals surface area contributed by atoms with E-state index in [0.29, 0.717) is 11.8 Å². The maximum Gasteiger partial charge on any atom is 0.166 e. The Labute approximate surface area is 156 Å². The van der Waals surface area contributed by atoms with Crippen LogP contribution in [0.5, 0.6) is 11.5 Å². The standard InChI is InChI=1S/C23H31NO2/c1-4-10-23-19-16-7-8-17(25)20(19)26-21(23)14(2)9-11-22(23,3)18(12-16)24-13-15-5-6-15/h7-8,15,18,21,24-25H,2,4-6,9-13H2,1,3H3/t18-,21-,22-,23?/m0/s1. The number of phenols is 1. The molecule has 1 aromatic carbocycles. The Balaban J connectivity index is 1.69. The molecule has 0 saturated heterocycles. The molecule has 140 valence electrons. The van der Waals surface area contributed by atoms with Crippen molar-refractivity contribution in [1.82, 2.24) is 5.32 Å². The van der Waals surface area contributed by atoms with Gasteiger partial charge in [-0.1, -0.05) is 32.9 Å². The fourth-order valence-corrected chi connectivity index (χ4v) is 6.33. The van der Waals surface area contributed by atoms with E-state index in [1.54, 1.807) is 0 Å². The van der Waals surface area contributed by atoms with Gasteiger partial charge in [0.05, 0.1) is 0 Å². The lowest BCUT2D eigenvalue weighted by molar-refractivity contribution is -0.0193. The van der Waals surface area contributed by atoms with Gasteiger partial charge < -0.3 is 15.2 Å². The highest BCUT2D eigenvalue weighted by atomic mass is 16.5. The van der Waals surface area contributed by atoms with E-state index in [1.807, 2.05) is 6.07 Å². The molecule has 3 heteroatoms. The SMILES string of the molecule is C=C1CC[C@@]2(C)[C@@H](NCC3CC3)Cc3ccc(O)c4c3C2(CCC)[C@H]1O4. The van der Waals surface area contributed by atoms with Crippen LogP contribution in [0.2, 0.25) is 0 Å². The quantitative estimate of drug-likeness (QED) is 0.767. The molecule has 0 aromatic heterocycles. The number of hydrogen-bond acceptors (Lipinski definition) is 3. The van der Waals surface area contributed by atoms with Gasteiger partial charge >= 0.3 is 0 Å². The van der Waals surface area contributed by atoms with Crippen molar-refractivity contribution in [3.05, 3.63) is 35.4 Å². The Kier molecular flexibility index (Phi) is 3.54. The number of rotatable bonds is 5. The number of benzene rings is 1. The Bertz CT molecular complexity index is 768. The molecule has 0 spiro atoms. The summed E-state index contributed by atoms with van der Waals surface area (Å²) >= 11 is 0. The van der Waals surface area contributed by atoms with Gasteiger partial charge in [0.25, 0.3) is 0 Å². The van der Waals surface area contributed by atoms with Crippen LogP contribution in [-0.2, 0) is 11.8 Å². The van der Waals surface area contributed by atoms with Crippen molar-refractivity contribution in [2.24, 2.45) is 11.3 Å². The van der Waals surface area contributed by atoms with E-state index in [1.165, 1.54) is 29.5 Å². The lowest BCUT2D eigenvalue weighted by atomic mass is 9.45. The van der Waals surface area contributed by atoms with Gasteiger partial charge in [0, 0.05) is 17.0 Å². The topological polar surface area (TPSA) is 41.5 Å². The highest BCUT2D eigenvalue weighted by Crippen LogP contribution is 2.67. The number of ether oxygens (including phenoxy) is 1. The first-order chi connectivity index (χ1) is 12.5. The van der Waals surface area contributed by atoms with Gasteiger partial charge in [0.15, 0.2) is 11.5 Å². The third kappa shape index (κ3) is 1.98. The van der Waals surface area contributed by atoms with Gasteiger partial charge in [-0.05, 0) is 73.6 Å². The van der Waals surface area contributed by atoms with Gasteiger partial charge in [-0.2, -0.15) is 0 Å². The van der Waals surface area contributed by atoms with E-state index in [2.05, 4.69) is 31.8 Å². The van der Waals surface area contributed by atoms with Gasteiger partial charge in [0.1, 0.15) is 6.10 Å². The molecule has 1 unspecified atom stereocenters. The second-order valence-electron chi connectivity index (χ2n) is 9.35. The van der Waals surface area contributed by atoms with Crippen molar-refractivity contribution in [2.45, 2.75) is 76.4 Å². The minimum atomic E-state index is -0.0556. The first-order valence-corrected chi connectivity index (χ1v) is 10.4. The molecular weight excluding hydrogens is 322 g/mol. The number of hydrogen-bond donors (Lipinski definition) is 2. The molecule has 0 radical (unpaired) electrons. The molecule has 0 amide bonds. The van der Waals surface area contributed by atoms with Crippen LogP contribution in [0.25, 0.3) is 0 Å². The van der Waals surface area contributed by atoms with Crippen LogP contribution in [-0.4, -0.2) is 23.8 Å². The van der Waals surface area contributed by atoms with Crippen molar-refractivity contribution >= 4 is 0 Å². The highest BCUT2D eigenvalue weighted by molar-refractivity contribution is 5.62. The first-order valence-electron chi connectivity index (χ1n) is 10.4. The van der Waals surface area contributed by atoms with Crippen molar-refractivity contribution < 1.29 is 9.84 Å². The smallest absolute Gasteiger partial charge is 0.166 e. The summed E-state index contributed by atoms with van der Waals surface area (Å²) in [4.78, 5) is 0. The summed E-state index contributed by atoms with van der Waals surface area (Å²) in [5, 5.41) is 14.5. The van der Waals surface area contributed by atoms with E-state index in [9.17, 15) is 5.11 Å². The normalized spacial score (nSPS) is 37.4. The monoisotopic (exact) mass is 353 g/mol. The van der Waals surface area contributed by atoms with Crippen LogP contribution >= 0.6 is 0 Å². The zero-order valence-electron chi connectivity index (χ0n) is 16.1. The fourth-order valence-electron chi connectivity index (χ4n) is 6.33. The zero-order chi connectivity index (χ0) is 18.1. The van der Waals surface area contributed by atoms with Gasteiger partial charge in [-0.25, -0.2) is 0 Å². The molecule has 3 nitrogen and oxygen atoms in total. The molecule has 1 aromatic rings. The summed E-state index contributed by atoms with van der Waals surface area (Å²) < 4.78 is 6.48. The lowest BCUT2D eigenvalue weighted by Gasteiger charge is -2.59. The minimum absolute atomic E-state index is 0.00812. The second-order valence-corrected chi connectivity index (χ2v) is 9.35. The average molecular weight is 354 g/mol. The van der Waals surface area contributed by atoms with Gasteiger partial charge in [-0.3, -0.25) is 0 Å². The number of nitrogens with one attached hydrogen (secondary N) is 1. The van der Waals surface area contributed by atoms with Crippen molar-refractivity contribution in [3.8, 4) is 11.5 Å². The van der Waals surface area contributed by atoms with Crippen LogP contribution in [0.15, 0.2) is 24.3 Å². The van der Waals surface area contributed by atoms with Crippen LogP contribution < -0.4 is 10.1 Å². The minimum Gasteiger partial charge on any atom is -0.504 e. The predicted molar refractivity (Wildman–Crippen MR) is 104 cm³/mol.